The predicted octanol–water partition coefficient (Wildman–Crippen LogP) is 4.43. The molecular weight excluding hydrogens is 536 g/mol. The zero-order chi connectivity index (χ0) is 29.7. The number of fused-ring (bicyclic) bond motifs is 1. The smallest absolute Gasteiger partial charge is 0.336 e. The van der Waals surface area contributed by atoms with E-state index in [0.29, 0.717) is 34.3 Å². The van der Waals surface area contributed by atoms with Crippen molar-refractivity contribution in [2.75, 3.05) is 49.5 Å². The van der Waals surface area contributed by atoms with Gasteiger partial charge in [-0.1, -0.05) is 6.07 Å². The van der Waals surface area contributed by atoms with E-state index in [9.17, 15) is 14.7 Å². The molecule has 1 aliphatic rings. The Morgan fingerprint density at radius 2 is 1.20 bits per heavy atom. The molecule has 1 N–H and O–H groups in total. The van der Waals surface area contributed by atoms with Crippen molar-refractivity contribution in [2.24, 2.45) is 0 Å². The fraction of sp³-hybridized carbons (Fsp3) is 0.267. The van der Waals surface area contributed by atoms with Gasteiger partial charge in [0.1, 0.15) is 0 Å². The van der Waals surface area contributed by atoms with E-state index in [2.05, 4.69) is 0 Å². The fourth-order valence-corrected chi connectivity index (χ4v) is 4.59. The molecule has 216 valence electrons. The molecule has 0 atom stereocenters. The van der Waals surface area contributed by atoms with Crippen LogP contribution < -0.4 is 37.9 Å². The molecular formula is C30H30O11. The molecule has 0 unspecified atom stereocenters. The summed E-state index contributed by atoms with van der Waals surface area (Å²) in [6.07, 6.45) is -0.109. The lowest BCUT2D eigenvalue weighted by Gasteiger charge is -2.18. The average Bonchev–Trinajstić information content (AvgIpc) is 3.46. The van der Waals surface area contributed by atoms with Crippen LogP contribution in [0.3, 0.4) is 0 Å². The van der Waals surface area contributed by atoms with Crippen molar-refractivity contribution in [1.29, 1.82) is 0 Å². The van der Waals surface area contributed by atoms with E-state index in [1.807, 2.05) is 0 Å². The summed E-state index contributed by atoms with van der Waals surface area (Å²) in [6.45, 7) is 0.00751. The largest absolute Gasteiger partial charge is 0.493 e. The molecule has 0 spiro atoms. The number of carbonyl (C=O) groups excluding carboxylic acids is 1. The topological polar surface area (TPSA) is 128 Å². The Kier molecular flexibility index (Phi) is 8.76. The third-order valence-corrected chi connectivity index (χ3v) is 6.48. The first-order valence-corrected chi connectivity index (χ1v) is 12.3. The van der Waals surface area contributed by atoms with Gasteiger partial charge in [0.2, 0.25) is 18.3 Å². The van der Waals surface area contributed by atoms with E-state index in [-0.39, 0.29) is 52.7 Å². The van der Waals surface area contributed by atoms with Crippen LogP contribution in [-0.2, 0) is 11.2 Å². The van der Waals surface area contributed by atoms with Crippen molar-refractivity contribution < 1.29 is 52.6 Å². The van der Waals surface area contributed by atoms with E-state index >= 15 is 0 Å². The van der Waals surface area contributed by atoms with Crippen LogP contribution in [0.25, 0.3) is 5.57 Å². The molecule has 0 radical (unpaired) electrons. The summed E-state index contributed by atoms with van der Waals surface area (Å²) in [5.41, 5.74) is 0.664. The van der Waals surface area contributed by atoms with Crippen LogP contribution in [0.2, 0.25) is 0 Å². The molecule has 0 saturated heterocycles. The number of Topliss-reactive ketones (excluding diaryl/α,β-unsaturated/α-hetero) is 1. The minimum atomic E-state index is -1.31. The highest BCUT2D eigenvalue weighted by molar-refractivity contribution is 6.26. The van der Waals surface area contributed by atoms with E-state index in [0.717, 1.165) is 0 Å². The van der Waals surface area contributed by atoms with E-state index in [4.69, 9.17) is 37.9 Å². The Labute approximate surface area is 236 Å². The van der Waals surface area contributed by atoms with Gasteiger partial charge in [-0.2, -0.15) is 0 Å². The maximum absolute atomic E-state index is 14.3. The maximum Gasteiger partial charge on any atom is 0.336 e. The third-order valence-electron chi connectivity index (χ3n) is 6.48. The molecule has 41 heavy (non-hydrogen) atoms. The number of allylic oxidation sites excluding steroid dienone is 1. The second kappa shape index (κ2) is 12.4. The number of carboxylic acids is 1. The summed E-state index contributed by atoms with van der Waals surface area (Å²) in [4.78, 5) is 27.1. The molecule has 4 rings (SSSR count). The molecule has 3 aromatic rings. The third kappa shape index (κ3) is 5.65. The molecule has 3 aromatic carbocycles. The molecule has 11 heteroatoms. The highest BCUT2D eigenvalue weighted by Crippen LogP contribution is 2.42. The number of methoxy groups -OCH3 is 6. The van der Waals surface area contributed by atoms with Crippen molar-refractivity contribution in [1.82, 2.24) is 0 Å². The Hall–Kier alpha value is -5.06. The monoisotopic (exact) mass is 566 g/mol. The summed E-state index contributed by atoms with van der Waals surface area (Å²) in [6, 6.07) is 10.9. The van der Waals surface area contributed by atoms with E-state index in [1.165, 1.54) is 60.9 Å². The molecule has 11 nitrogen and oxygen atoms in total. The summed E-state index contributed by atoms with van der Waals surface area (Å²) in [5, 5.41) is 10.5. The number of aliphatic carboxylic acids is 1. The first kappa shape index (κ1) is 28.9. The molecule has 1 aliphatic heterocycles. The van der Waals surface area contributed by atoms with Gasteiger partial charge in [0.25, 0.3) is 0 Å². The zero-order valence-electron chi connectivity index (χ0n) is 23.5. The van der Waals surface area contributed by atoms with Crippen LogP contribution in [0, 0.1) is 0 Å². The molecule has 0 saturated carbocycles. The van der Waals surface area contributed by atoms with Crippen LogP contribution in [0.5, 0.6) is 46.0 Å². The van der Waals surface area contributed by atoms with Crippen molar-refractivity contribution in [3.63, 3.8) is 0 Å². The highest BCUT2D eigenvalue weighted by atomic mass is 16.7. The number of hydrogen-bond acceptors (Lipinski definition) is 10. The minimum absolute atomic E-state index is 0.00751. The number of benzene rings is 3. The average molecular weight is 567 g/mol. The van der Waals surface area contributed by atoms with Crippen LogP contribution in [0.1, 0.15) is 21.5 Å². The molecule has 0 bridgehead atoms. The number of ether oxygens (including phenoxy) is 8. The molecule has 0 aliphatic carbocycles. The summed E-state index contributed by atoms with van der Waals surface area (Å²) in [7, 11) is 8.70. The van der Waals surface area contributed by atoms with E-state index < -0.39 is 11.8 Å². The van der Waals surface area contributed by atoms with Crippen LogP contribution in [0.15, 0.2) is 48.0 Å². The van der Waals surface area contributed by atoms with Crippen molar-refractivity contribution >= 4 is 17.3 Å². The second-order valence-corrected chi connectivity index (χ2v) is 8.68. The van der Waals surface area contributed by atoms with Gasteiger partial charge in [0.15, 0.2) is 40.3 Å². The van der Waals surface area contributed by atoms with Crippen LogP contribution in [0.4, 0.5) is 0 Å². The Balaban J connectivity index is 1.97. The van der Waals surface area contributed by atoms with Gasteiger partial charge < -0.3 is 43.0 Å². The van der Waals surface area contributed by atoms with Crippen molar-refractivity contribution in [3.8, 4) is 46.0 Å². The fourth-order valence-electron chi connectivity index (χ4n) is 4.59. The first-order valence-electron chi connectivity index (χ1n) is 12.3. The Bertz CT molecular complexity index is 1460. The first-order chi connectivity index (χ1) is 19.8. The molecule has 1 heterocycles. The van der Waals surface area contributed by atoms with Crippen molar-refractivity contribution in [2.45, 2.75) is 6.42 Å². The molecule has 0 fully saturated rings. The predicted molar refractivity (Wildman–Crippen MR) is 147 cm³/mol. The van der Waals surface area contributed by atoms with Crippen LogP contribution >= 0.6 is 0 Å². The van der Waals surface area contributed by atoms with Gasteiger partial charge in [0.05, 0.1) is 48.2 Å². The quantitative estimate of drug-likeness (QED) is 0.247. The summed E-state index contributed by atoms with van der Waals surface area (Å²) >= 11 is 0. The number of ketones is 1. The van der Waals surface area contributed by atoms with Gasteiger partial charge in [-0.05, 0) is 47.5 Å². The summed E-state index contributed by atoms with van der Waals surface area (Å²) in [5.74, 6) is 0.771. The number of carboxylic acid groups (broad SMARTS) is 1. The van der Waals surface area contributed by atoms with E-state index in [1.54, 1.807) is 24.3 Å². The highest BCUT2D eigenvalue weighted by Gasteiger charge is 2.28. The Morgan fingerprint density at radius 3 is 1.68 bits per heavy atom. The normalized spacial score (nSPS) is 12.2. The SMILES string of the molecule is COc1cc(C/C(C(=O)c2cc(OC)c(OC)c(OC)c2)=C(\C(=O)O)c2ccc3c(c2)OCO3)cc(OC)c1OC. The standard InChI is InChI=1S/C30H30O11/c1-34-22-10-16(11-23(35-2)28(22)38-5)9-19(26(30(32)33)17-7-8-20-21(12-17)41-15-40-20)27(31)18-13-24(36-3)29(39-6)25(14-18)37-4/h7-8,10-14H,9,15H2,1-6H3,(H,32,33)/b26-19+. The summed E-state index contributed by atoms with van der Waals surface area (Å²) < 4.78 is 43.5. The molecule has 0 amide bonds. The maximum atomic E-state index is 14.3. The Morgan fingerprint density at radius 1 is 0.683 bits per heavy atom. The van der Waals surface area contributed by atoms with Gasteiger partial charge >= 0.3 is 5.97 Å². The van der Waals surface area contributed by atoms with Gasteiger partial charge in [-0.25, -0.2) is 4.79 Å². The van der Waals surface area contributed by atoms with Gasteiger partial charge in [0, 0.05) is 17.6 Å². The second-order valence-electron chi connectivity index (χ2n) is 8.68. The van der Waals surface area contributed by atoms with Crippen LogP contribution in [-0.4, -0.2) is 66.3 Å². The lowest BCUT2D eigenvalue weighted by atomic mass is 9.89. The minimum Gasteiger partial charge on any atom is -0.493 e. The number of carbonyl (C=O) groups is 2. The van der Waals surface area contributed by atoms with Crippen molar-refractivity contribution in [3.05, 3.63) is 64.7 Å². The number of hydrogen-bond donors (Lipinski definition) is 1. The lowest BCUT2D eigenvalue weighted by Crippen LogP contribution is -2.15. The zero-order valence-corrected chi connectivity index (χ0v) is 23.5. The number of rotatable bonds is 12. The molecule has 0 aromatic heterocycles. The van der Waals surface area contributed by atoms with Gasteiger partial charge in [-0.3, -0.25) is 4.79 Å². The lowest BCUT2D eigenvalue weighted by molar-refractivity contribution is -0.130. The van der Waals surface area contributed by atoms with Gasteiger partial charge in [-0.15, -0.1) is 0 Å².